The van der Waals surface area contributed by atoms with Crippen LogP contribution in [0.5, 0.6) is 0 Å². The van der Waals surface area contributed by atoms with E-state index >= 15 is 0 Å². The van der Waals surface area contributed by atoms with Gasteiger partial charge in [-0.1, -0.05) is 38.1 Å². The van der Waals surface area contributed by atoms with Crippen LogP contribution in [0, 0.1) is 18.8 Å². The number of piperidine rings is 1. The Kier molecular flexibility index (Phi) is 8.57. The quantitative estimate of drug-likeness (QED) is 0.603. The molecule has 1 amide bonds. The third-order valence-electron chi connectivity index (χ3n) is 6.99. The second kappa shape index (κ2) is 11.8. The molecule has 4 rings (SSSR count). The van der Waals surface area contributed by atoms with Gasteiger partial charge in [0, 0.05) is 56.9 Å². The lowest BCUT2D eigenvalue weighted by Crippen LogP contribution is -2.38. The number of benzene rings is 1. The predicted molar refractivity (Wildman–Crippen MR) is 137 cm³/mol. The highest BCUT2D eigenvalue weighted by Crippen LogP contribution is 2.22. The summed E-state index contributed by atoms with van der Waals surface area (Å²) in [6.07, 6.45) is 1.94. The fourth-order valence-corrected chi connectivity index (χ4v) is 5.28. The van der Waals surface area contributed by atoms with Crippen LogP contribution in [0.4, 0.5) is 5.95 Å². The predicted octanol–water partition coefficient (Wildman–Crippen LogP) is 2.64. The van der Waals surface area contributed by atoms with Gasteiger partial charge in [-0.2, -0.15) is 0 Å². The molecule has 2 aliphatic heterocycles. The molecule has 0 radical (unpaired) electrons. The van der Waals surface area contributed by atoms with Gasteiger partial charge in [0.25, 0.3) is 5.56 Å². The molecule has 2 saturated heterocycles. The van der Waals surface area contributed by atoms with Gasteiger partial charge in [-0.15, -0.1) is 0 Å². The zero-order chi connectivity index (χ0) is 24.8. The van der Waals surface area contributed by atoms with Crippen LogP contribution in [-0.4, -0.2) is 60.2 Å². The summed E-state index contributed by atoms with van der Waals surface area (Å²) >= 11 is 0. The average molecular weight is 482 g/mol. The maximum absolute atomic E-state index is 12.6. The number of aromatic nitrogens is 2. The van der Waals surface area contributed by atoms with Gasteiger partial charge in [-0.25, -0.2) is 4.98 Å². The minimum atomic E-state index is -0.167. The van der Waals surface area contributed by atoms with Gasteiger partial charge in [-0.05, 0) is 42.7 Å². The van der Waals surface area contributed by atoms with Gasteiger partial charge in [0.2, 0.25) is 11.9 Å². The van der Waals surface area contributed by atoms with E-state index in [0.717, 1.165) is 37.0 Å². The number of hydrogen-bond donors (Lipinski definition) is 2. The molecule has 1 aromatic heterocycles. The molecule has 2 aliphatic rings. The topological polar surface area (TPSA) is 90.6 Å². The van der Waals surface area contributed by atoms with Gasteiger partial charge in [0.1, 0.15) is 0 Å². The fourth-order valence-electron chi connectivity index (χ4n) is 5.28. The maximum atomic E-state index is 12.6. The molecule has 8 heteroatoms. The van der Waals surface area contributed by atoms with Crippen LogP contribution in [0.3, 0.4) is 0 Å². The Balaban J connectivity index is 1.24. The molecule has 2 atom stereocenters. The van der Waals surface area contributed by atoms with Crippen LogP contribution in [-0.2, 0) is 29.0 Å². The highest BCUT2D eigenvalue weighted by atomic mass is 16.5. The van der Waals surface area contributed by atoms with Crippen molar-refractivity contribution in [3.63, 3.8) is 0 Å². The Morgan fingerprint density at radius 1 is 1.11 bits per heavy atom. The van der Waals surface area contributed by atoms with E-state index in [1.54, 1.807) is 0 Å². The Labute approximate surface area is 208 Å². The zero-order valence-corrected chi connectivity index (χ0v) is 21.3. The summed E-state index contributed by atoms with van der Waals surface area (Å²) < 4.78 is 5.36. The van der Waals surface area contributed by atoms with Crippen molar-refractivity contribution in [2.75, 3.05) is 44.3 Å². The molecule has 0 spiro atoms. The van der Waals surface area contributed by atoms with Crippen molar-refractivity contribution in [1.29, 1.82) is 0 Å². The van der Waals surface area contributed by atoms with Crippen molar-refractivity contribution >= 4 is 11.9 Å². The molecular formula is C27H39N5O3. The zero-order valence-electron chi connectivity index (χ0n) is 21.3. The molecule has 190 valence electrons. The molecule has 2 N–H and O–H groups in total. The molecule has 0 aliphatic carbocycles. The minimum Gasteiger partial charge on any atom is -0.378 e. The highest BCUT2D eigenvalue weighted by Gasteiger charge is 2.21. The van der Waals surface area contributed by atoms with E-state index in [1.807, 2.05) is 11.8 Å². The summed E-state index contributed by atoms with van der Waals surface area (Å²) in [5.41, 5.74) is 3.47. The monoisotopic (exact) mass is 481 g/mol. The summed E-state index contributed by atoms with van der Waals surface area (Å²) in [7, 11) is 0. The van der Waals surface area contributed by atoms with E-state index in [-0.39, 0.29) is 17.9 Å². The van der Waals surface area contributed by atoms with Gasteiger partial charge < -0.3 is 15.0 Å². The number of anilines is 1. The first kappa shape index (κ1) is 25.4. The SMILES string of the molecule is Cc1nc(N2CCOCC2)[nH]c(=O)c1CCC(=O)NCc1ccc(CN2CC(C)CC(C)C2)cc1. The van der Waals surface area contributed by atoms with E-state index in [1.165, 1.54) is 12.0 Å². The van der Waals surface area contributed by atoms with Crippen molar-refractivity contribution < 1.29 is 9.53 Å². The number of carbonyl (C=O) groups excluding carboxylic acids is 1. The van der Waals surface area contributed by atoms with Gasteiger partial charge in [0.15, 0.2) is 0 Å². The molecule has 2 unspecified atom stereocenters. The second-order valence-corrected chi connectivity index (χ2v) is 10.3. The smallest absolute Gasteiger partial charge is 0.255 e. The number of hydrogen-bond acceptors (Lipinski definition) is 6. The van der Waals surface area contributed by atoms with Crippen LogP contribution in [0.15, 0.2) is 29.1 Å². The molecule has 3 heterocycles. The molecule has 2 fully saturated rings. The first-order valence-electron chi connectivity index (χ1n) is 12.9. The standard InChI is InChI=1S/C27H39N5O3/c1-19-14-20(2)17-31(16-19)18-23-6-4-22(5-7-23)15-28-25(33)9-8-24-21(3)29-27(30-26(24)34)32-10-12-35-13-11-32/h4-7,19-20H,8-18H2,1-3H3,(H,28,33)(H,29,30,34). The molecule has 0 bridgehead atoms. The van der Waals surface area contributed by atoms with Crippen LogP contribution in [0.1, 0.15) is 49.1 Å². The van der Waals surface area contributed by atoms with Crippen molar-refractivity contribution in [3.05, 3.63) is 57.0 Å². The number of ether oxygens (including phenoxy) is 1. The number of amides is 1. The molecule has 0 saturated carbocycles. The second-order valence-electron chi connectivity index (χ2n) is 10.3. The number of nitrogens with zero attached hydrogens (tertiary/aromatic N) is 3. The molecule has 8 nitrogen and oxygen atoms in total. The normalized spacial score (nSPS) is 21.2. The number of aromatic amines is 1. The van der Waals surface area contributed by atoms with E-state index in [0.29, 0.717) is 56.5 Å². The van der Waals surface area contributed by atoms with Gasteiger partial charge >= 0.3 is 0 Å². The summed E-state index contributed by atoms with van der Waals surface area (Å²) in [6.45, 7) is 13.0. The molecular weight excluding hydrogens is 442 g/mol. The number of carbonyl (C=O) groups is 1. The number of rotatable bonds is 8. The van der Waals surface area contributed by atoms with Crippen LogP contribution in [0.25, 0.3) is 0 Å². The lowest BCUT2D eigenvalue weighted by atomic mass is 9.91. The fraction of sp³-hybridized carbons (Fsp3) is 0.593. The Bertz CT molecular complexity index is 1040. The number of nitrogens with one attached hydrogen (secondary N) is 2. The summed E-state index contributed by atoms with van der Waals surface area (Å²) in [4.78, 5) is 37.1. The van der Waals surface area contributed by atoms with Crippen LogP contribution < -0.4 is 15.8 Å². The van der Waals surface area contributed by atoms with Crippen LogP contribution >= 0.6 is 0 Å². The van der Waals surface area contributed by atoms with Gasteiger partial charge in [0.05, 0.1) is 13.2 Å². The first-order chi connectivity index (χ1) is 16.9. The first-order valence-corrected chi connectivity index (χ1v) is 12.9. The lowest BCUT2D eigenvalue weighted by Gasteiger charge is -2.35. The van der Waals surface area contributed by atoms with Crippen LogP contribution in [0.2, 0.25) is 0 Å². The molecule has 35 heavy (non-hydrogen) atoms. The Morgan fingerprint density at radius 2 is 1.77 bits per heavy atom. The maximum Gasteiger partial charge on any atom is 0.255 e. The van der Waals surface area contributed by atoms with Crippen molar-refractivity contribution in [2.45, 2.75) is 53.1 Å². The number of likely N-dealkylation sites (tertiary alicyclic amines) is 1. The Morgan fingerprint density at radius 3 is 2.43 bits per heavy atom. The third kappa shape index (κ3) is 7.15. The van der Waals surface area contributed by atoms with E-state index < -0.39 is 0 Å². The lowest BCUT2D eigenvalue weighted by molar-refractivity contribution is -0.121. The Hall–Kier alpha value is -2.71. The van der Waals surface area contributed by atoms with Gasteiger partial charge in [-0.3, -0.25) is 19.5 Å². The van der Waals surface area contributed by atoms with E-state index in [2.05, 4.69) is 58.3 Å². The number of aryl methyl sites for hydroxylation is 1. The highest BCUT2D eigenvalue weighted by molar-refractivity contribution is 5.76. The number of H-pyrrole nitrogens is 1. The minimum absolute atomic E-state index is 0.0681. The van der Waals surface area contributed by atoms with E-state index in [4.69, 9.17) is 4.74 Å². The van der Waals surface area contributed by atoms with Crippen molar-refractivity contribution in [3.8, 4) is 0 Å². The third-order valence-corrected chi connectivity index (χ3v) is 6.99. The van der Waals surface area contributed by atoms with E-state index in [9.17, 15) is 9.59 Å². The average Bonchev–Trinajstić information content (AvgIpc) is 2.83. The molecule has 2 aromatic rings. The summed E-state index contributed by atoms with van der Waals surface area (Å²) in [5, 5.41) is 2.98. The largest absolute Gasteiger partial charge is 0.378 e. The molecule has 1 aromatic carbocycles. The summed E-state index contributed by atoms with van der Waals surface area (Å²) in [5.74, 6) is 2.02. The van der Waals surface area contributed by atoms with Crippen molar-refractivity contribution in [1.82, 2.24) is 20.2 Å². The number of morpholine rings is 1. The van der Waals surface area contributed by atoms with Crippen molar-refractivity contribution in [2.24, 2.45) is 11.8 Å². The summed E-state index contributed by atoms with van der Waals surface area (Å²) in [6, 6.07) is 8.51.